The highest BCUT2D eigenvalue weighted by atomic mass is 33.1. The molecule has 139 heavy (non-hydrogen) atoms. The predicted octanol–water partition coefficient (Wildman–Crippen LogP) is 1.73. The first-order chi connectivity index (χ1) is 65.2. The van der Waals surface area contributed by atoms with Crippen molar-refractivity contribution in [2.75, 3.05) is 80.5 Å². The van der Waals surface area contributed by atoms with E-state index in [1.165, 1.54) is 55.6 Å². The second-order valence-electron chi connectivity index (χ2n) is 30.6. The number of phosphoric ester groups is 2. The summed E-state index contributed by atoms with van der Waals surface area (Å²) in [5, 5.41) is 75.1. The van der Waals surface area contributed by atoms with Gasteiger partial charge in [0.25, 0.3) is 0 Å². The van der Waals surface area contributed by atoms with E-state index in [2.05, 4.69) is 73.5 Å². The number of aryl methyl sites for hydroxylation is 2. The minimum atomic E-state index is -5.79. The maximum absolute atomic E-state index is 13.5. The first-order valence-corrected chi connectivity index (χ1v) is 56.1. The molecule has 2 aromatic carbocycles. The lowest BCUT2D eigenvalue weighted by Crippen LogP contribution is -2.48. The number of alkyl carbamates (subject to hydrolysis) is 1. The highest BCUT2D eigenvalue weighted by Gasteiger charge is 2.46. The lowest BCUT2D eigenvalue weighted by molar-refractivity contribution is -0.144. The number of ether oxygens (including phenoxy) is 3. The van der Waals surface area contributed by atoms with Crippen molar-refractivity contribution < 1.29 is 190 Å². The Bertz CT molecular complexity index is 5280. The molecule has 0 radical (unpaired) electrons. The number of carboxylic acids is 4. The molecular weight excluding hydrogens is 2060 g/mol. The standard InChI is InChI=1S/C44H60N7O22P3S2.C29H50N7O20P3S2/c45-40-26(22-51(43(60)50-40)38-21-34(52)35(71-38)24-70-75(65,66)73-76(67,68)72-74(62,63)64)9-8-19-46-36(53)17-20-77-78-25-33(41(57)47-18-7-1-2-14-37(54)48-32(42(58)59)15-16-39(55)56)49-44(61)69-23-31-29-12-5-3-10-27(29)28-11-4-6-13-30(28)31;30-18(27(42)33-10-3-1-2-6-23(39)34-19(28(43)44)7-8-25(40)41)16-61-60-12-9-22(38)32-11-4-5-17-14-36(29(45)35-26(17)31)24-13-20(37)21(54-24)15-53-58(49,50)56-59(51,52)55-57(46,47)48/h3-6,10-13,22,31-35,38,52H,1-2,7-9,14-21,23-25H2,(H,46,53)(H,47,57)(H,48,54)(H,49,61)(H,55,56)(H,58,59)(H,65,66)(H,67,68)(H2,45,50,60)(H2,62,63,64);14,18-21,24,37H,1-13,15-16,30H2,(H,32,38)(H,33,42)(H,34,39)(H,40,41)(H,43,44)(H,49,50)(H,51,52)(H2,31,35,45)(H2,46,47,48)/t32?,33?,34?,35-,38-;18?,19?,20?,21-,24-/m11/s1. The molecule has 56 nitrogen and oxygen atoms in total. The third-order valence-electron chi connectivity index (χ3n) is 19.8. The van der Waals surface area contributed by atoms with Crippen molar-refractivity contribution in [1.82, 2.24) is 56.3 Å². The molecule has 4 aromatic rings. The van der Waals surface area contributed by atoms with E-state index in [1.807, 2.05) is 48.5 Å². The fourth-order valence-electron chi connectivity index (χ4n) is 13.1. The lowest BCUT2D eigenvalue weighted by atomic mass is 9.98. The molecule has 2 fully saturated rings. The summed E-state index contributed by atoms with van der Waals surface area (Å²) in [6.45, 7) is -0.993. The number of nitrogens with two attached hydrogens (primary N) is 3. The van der Waals surface area contributed by atoms with E-state index in [9.17, 15) is 125 Å². The molecule has 7 amide bonds. The average Bonchev–Trinajstić information content (AvgIpc) is 1.61. The Balaban J connectivity index is 0.000000440. The number of nitrogen functional groups attached to an aromatic ring is 2. The van der Waals surface area contributed by atoms with Crippen molar-refractivity contribution in [3.8, 4) is 11.1 Å². The van der Waals surface area contributed by atoms with Gasteiger partial charge in [0.1, 0.15) is 61.0 Å². The number of nitrogens with one attached hydrogen (secondary N) is 7. The number of amides is 7. The number of aliphatic hydroxyl groups is 2. The van der Waals surface area contributed by atoms with E-state index in [1.54, 1.807) is 0 Å². The van der Waals surface area contributed by atoms with Crippen molar-refractivity contribution in [3.05, 3.63) is 104 Å². The van der Waals surface area contributed by atoms with Crippen LogP contribution >= 0.6 is 90.1 Å². The van der Waals surface area contributed by atoms with Gasteiger partial charge in [-0.1, -0.05) is 105 Å². The quantitative estimate of drug-likeness (QED) is 0.0170. The Morgan fingerprint density at radius 2 is 0.856 bits per heavy atom. The second-order valence-corrected chi connectivity index (χ2v) is 44.6. The zero-order valence-electron chi connectivity index (χ0n) is 73.6. The molecule has 3 aliphatic rings. The lowest BCUT2D eigenvalue weighted by Gasteiger charge is -2.19. The van der Waals surface area contributed by atoms with Crippen LogP contribution in [-0.4, -0.2) is 272 Å². The van der Waals surface area contributed by atoms with Crippen LogP contribution in [0.25, 0.3) is 11.1 Å². The molecule has 778 valence electrons. The zero-order valence-corrected chi connectivity index (χ0v) is 82.2. The van der Waals surface area contributed by atoms with E-state index in [0.717, 1.165) is 31.4 Å². The number of phosphoric acid groups is 6. The van der Waals surface area contributed by atoms with Crippen molar-refractivity contribution in [3.63, 3.8) is 0 Å². The van der Waals surface area contributed by atoms with Crippen LogP contribution in [0.15, 0.2) is 70.5 Å². The predicted molar refractivity (Wildman–Crippen MR) is 492 cm³/mol. The molecule has 7 rings (SSSR count). The van der Waals surface area contributed by atoms with Crippen LogP contribution in [0.2, 0.25) is 0 Å². The molecule has 1 aliphatic carbocycles. The number of aliphatic carboxylic acids is 4. The van der Waals surface area contributed by atoms with Crippen molar-refractivity contribution in [1.29, 1.82) is 0 Å². The molecule has 27 N–H and O–H groups in total. The van der Waals surface area contributed by atoms with Crippen LogP contribution in [0.4, 0.5) is 16.4 Å². The zero-order chi connectivity index (χ0) is 103. The smallest absolute Gasteiger partial charge is 0.481 e. The van der Waals surface area contributed by atoms with Gasteiger partial charge in [0.05, 0.1) is 31.5 Å². The van der Waals surface area contributed by atoms with Gasteiger partial charge in [-0.3, -0.25) is 56.5 Å². The van der Waals surface area contributed by atoms with Gasteiger partial charge in [-0.05, 0) is 86.5 Å². The average molecular weight is 2170 g/mol. The number of fused-ring (bicyclic) bond motifs is 3. The third-order valence-corrected chi connectivity index (χ3v) is 32.2. The van der Waals surface area contributed by atoms with Gasteiger partial charge in [0, 0.05) is 130 Å². The second kappa shape index (κ2) is 57.9. The SMILES string of the molecule is Nc1nc(=O)n([C@H]2CC(O)[C@@H](COP(=O)(O)OP(=O)(O)OP(=O)(O)O)O2)cc1CCCNC(=O)CCSSCC(N)C(=O)NCCCCCC(=O)NC(CCC(=O)O)C(=O)O.Nc1nc(=O)n([C@H]2CC(O)[C@@H](COP(=O)(O)OP(=O)(O)OP(=O)(O)O)O2)cc1CCCNC(=O)CCSSCC(NC(=O)OCC1c2ccccc2-c2ccccc21)C(=O)NCCCCCC(=O)NC(CCC(=O)O)C(=O)O. The normalized spacial score (nSPS) is 18.8. The maximum Gasteiger partial charge on any atom is 0.490 e. The van der Waals surface area contributed by atoms with Gasteiger partial charge in [-0.2, -0.15) is 27.2 Å². The van der Waals surface area contributed by atoms with Gasteiger partial charge in [-0.15, -0.1) is 0 Å². The Hall–Kier alpha value is -8.21. The molecule has 0 spiro atoms. The summed E-state index contributed by atoms with van der Waals surface area (Å²) in [4.78, 5) is 238. The number of benzene rings is 2. The summed E-state index contributed by atoms with van der Waals surface area (Å²) >= 11 is 0. The minimum absolute atomic E-state index is 0.00503. The first kappa shape index (κ1) is 119. The monoisotopic (exact) mass is 2170 g/mol. The Morgan fingerprint density at radius 1 is 0.460 bits per heavy atom. The molecule has 4 heterocycles. The largest absolute Gasteiger partial charge is 0.490 e. The van der Waals surface area contributed by atoms with Gasteiger partial charge in [-0.25, -0.2) is 51.4 Å². The maximum atomic E-state index is 13.5. The number of carbonyl (C=O) groups is 11. The molecule has 0 bridgehead atoms. The van der Waals surface area contributed by atoms with E-state index < -0.39 is 193 Å². The van der Waals surface area contributed by atoms with Crippen LogP contribution in [-0.2, 0) is 129 Å². The summed E-state index contributed by atoms with van der Waals surface area (Å²) in [7, 11) is -28.6. The van der Waals surface area contributed by atoms with E-state index >= 15 is 0 Å². The van der Waals surface area contributed by atoms with Gasteiger partial charge in [0.15, 0.2) is 0 Å². The summed E-state index contributed by atoms with van der Waals surface area (Å²) in [5.74, 6) is -6.88. The number of carbonyl (C=O) groups excluding carboxylic acids is 7. The van der Waals surface area contributed by atoms with Crippen LogP contribution in [0.3, 0.4) is 0 Å². The molecule has 66 heteroatoms. The Morgan fingerprint density at radius 3 is 1.26 bits per heavy atom. The van der Waals surface area contributed by atoms with Gasteiger partial charge < -0.3 is 138 Å². The molecule has 2 aromatic heterocycles. The van der Waals surface area contributed by atoms with E-state index in [4.69, 9.17) is 66.3 Å². The number of hydrogen-bond acceptors (Lipinski definition) is 39. The number of nitrogens with zero attached hydrogens (tertiary/aromatic N) is 4. The summed E-state index contributed by atoms with van der Waals surface area (Å²) in [6.07, 6.45) is -3.78. The minimum Gasteiger partial charge on any atom is -0.481 e. The van der Waals surface area contributed by atoms with Crippen molar-refractivity contribution in [2.45, 2.75) is 195 Å². The summed E-state index contributed by atoms with van der Waals surface area (Å²) in [6, 6.07) is 11.1. The number of aliphatic hydroxyl groups excluding tert-OH is 2. The highest BCUT2D eigenvalue weighted by molar-refractivity contribution is 8.77. The Labute approximate surface area is 806 Å². The van der Waals surface area contributed by atoms with Crippen molar-refractivity contribution >= 4 is 167 Å². The number of carboxylic acid groups (broad SMARTS) is 4. The fraction of sp³-hybridized carbons (Fsp3) is 0.575. The number of aromatic nitrogens is 4. The van der Waals surface area contributed by atoms with Crippen LogP contribution in [0.5, 0.6) is 0 Å². The first-order valence-electron chi connectivity index (χ1n) is 42.1. The molecule has 14 atom stereocenters. The Kier molecular flexibility index (Phi) is 49.8. The van der Waals surface area contributed by atoms with Gasteiger partial charge in [0.2, 0.25) is 35.4 Å². The molecule has 0 saturated carbocycles. The number of rotatable bonds is 63. The topological polar surface area (TPSA) is 889 Å². The molecular formula is C73H110N14O42P6S4. The van der Waals surface area contributed by atoms with Gasteiger partial charge >= 0.3 is 88.3 Å². The molecule has 2 saturated heterocycles. The van der Waals surface area contributed by atoms with Crippen LogP contribution in [0.1, 0.15) is 156 Å². The van der Waals surface area contributed by atoms with Crippen molar-refractivity contribution in [2.24, 2.45) is 5.73 Å². The van der Waals surface area contributed by atoms with Crippen LogP contribution in [0, 0.1) is 0 Å². The number of anilines is 2. The highest BCUT2D eigenvalue weighted by Crippen LogP contribution is 2.68. The van der Waals surface area contributed by atoms with E-state index in [-0.39, 0.29) is 137 Å². The third kappa shape index (κ3) is 45.1. The van der Waals surface area contributed by atoms with Crippen LogP contribution < -0.4 is 65.8 Å². The fourth-order valence-corrected chi connectivity index (χ4v) is 23.5. The molecule has 2 aliphatic heterocycles. The number of unbranched alkanes of at least 4 members (excludes halogenated alkanes) is 4. The number of hydrogen-bond donors (Lipinski definition) is 24. The summed E-state index contributed by atoms with van der Waals surface area (Å²) < 4.78 is 111. The molecule has 10 unspecified atom stereocenters. The summed E-state index contributed by atoms with van der Waals surface area (Å²) in [5.41, 5.74) is 20.9. The van der Waals surface area contributed by atoms with E-state index in [0.29, 0.717) is 80.5 Å².